The minimum atomic E-state index is -5.15. The van der Waals surface area contributed by atoms with E-state index in [9.17, 15) is 9.90 Å². The number of H-pyrrole nitrogens is 1. The molecular formula is C31H23Cl2F3N2O3. The Kier molecular flexibility index (Phi) is 7.83. The number of para-hydroxylation sites is 1. The normalized spacial score (nSPS) is 14.1. The lowest BCUT2D eigenvalue weighted by Gasteiger charge is -2.38. The van der Waals surface area contributed by atoms with Crippen LogP contribution in [0.4, 0.5) is 13.2 Å². The van der Waals surface area contributed by atoms with Gasteiger partial charge in [-0.1, -0.05) is 77.8 Å². The summed E-state index contributed by atoms with van der Waals surface area (Å²) in [7, 11) is 0. The first-order chi connectivity index (χ1) is 19.5. The van der Waals surface area contributed by atoms with Gasteiger partial charge in [-0.05, 0) is 70.0 Å². The summed E-state index contributed by atoms with van der Waals surface area (Å²) in [5, 5.41) is 21.1. The van der Waals surface area contributed by atoms with Crippen LogP contribution in [0.1, 0.15) is 34.7 Å². The van der Waals surface area contributed by atoms with Crippen molar-refractivity contribution < 1.29 is 28.2 Å². The quantitative estimate of drug-likeness (QED) is 0.157. The number of aromatic nitrogens is 2. The number of hydrogen-bond donors (Lipinski definition) is 3. The van der Waals surface area contributed by atoms with Crippen molar-refractivity contribution in [3.63, 3.8) is 0 Å². The number of carboxylic acid groups (broad SMARTS) is 1. The number of benzene rings is 3. The highest BCUT2D eigenvalue weighted by molar-refractivity contribution is 6.31. The molecule has 0 saturated carbocycles. The van der Waals surface area contributed by atoms with Crippen LogP contribution in [0.5, 0.6) is 0 Å². The first kappa shape index (κ1) is 28.7. The molecule has 0 bridgehead atoms. The van der Waals surface area contributed by atoms with Crippen molar-refractivity contribution in [2.24, 2.45) is 0 Å². The number of carbonyl (C=O) groups is 1. The summed E-state index contributed by atoms with van der Waals surface area (Å²) in [5.74, 6) is -2.60. The van der Waals surface area contributed by atoms with Crippen molar-refractivity contribution in [1.29, 1.82) is 0 Å². The van der Waals surface area contributed by atoms with Gasteiger partial charge in [-0.25, -0.2) is 4.98 Å². The summed E-state index contributed by atoms with van der Waals surface area (Å²) in [4.78, 5) is 17.7. The zero-order valence-electron chi connectivity index (χ0n) is 21.3. The van der Waals surface area contributed by atoms with Gasteiger partial charge in [-0.2, -0.15) is 13.2 Å². The molecule has 2 atom stereocenters. The molecule has 0 aliphatic rings. The van der Waals surface area contributed by atoms with Gasteiger partial charge in [0.25, 0.3) is 0 Å². The van der Waals surface area contributed by atoms with Crippen LogP contribution in [0.15, 0.2) is 91.1 Å². The number of carboxylic acids is 1. The van der Waals surface area contributed by atoms with Crippen molar-refractivity contribution in [3.8, 4) is 11.1 Å². The van der Waals surface area contributed by atoms with Gasteiger partial charge in [0, 0.05) is 28.9 Å². The first-order valence-corrected chi connectivity index (χ1v) is 13.3. The first-order valence-electron chi connectivity index (χ1n) is 12.6. The number of fused-ring (bicyclic) bond motifs is 1. The van der Waals surface area contributed by atoms with Crippen LogP contribution in [0, 0.1) is 0 Å². The van der Waals surface area contributed by atoms with E-state index in [0.29, 0.717) is 22.9 Å². The smallest absolute Gasteiger partial charge is 0.422 e. The van der Waals surface area contributed by atoms with Gasteiger partial charge in [0.2, 0.25) is 0 Å². The van der Waals surface area contributed by atoms with E-state index in [1.807, 2.05) is 0 Å². The van der Waals surface area contributed by atoms with Gasteiger partial charge in [-0.3, -0.25) is 4.79 Å². The van der Waals surface area contributed by atoms with Crippen LogP contribution < -0.4 is 0 Å². The number of nitrogens with zero attached hydrogens (tertiary/aromatic N) is 1. The van der Waals surface area contributed by atoms with E-state index in [1.54, 1.807) is 66.7 Å². The lowest BCUT2D eigenvalue weighted by atomic mass is 9.74. The van der Waals surface area contributed by atoms with E-state index >= 15 is 13.2 Å². The monoisotopic (exact) mass is 598 g/mol. The maximum atomic E-state index is 15.0. The van der Waals surface area contributed by atoms with E-state index in [0.717, 1.165) is 29.5 Å². The van der Waals surface area contributed by atoms with Gasteiger partial charge in [0.1, 0.15) is 5.15 Å². The highest BCUT2D eigenvalue weighted by atomic mass is 35.5. The second kappa shape index (κ2) is 11.2. The number of alkyl halides is 3. The highest BCUT2D eigenvalue weighted by Crippen LogP contribution is 2.53. The fourth-order valence-corrected chi connectivity index (χ4v) is 5.52. The Morgan fingerprint density at radius 1 is 0.927 bits per heavy atom. The largest absolute Gasteiger partial charge is 0.481 e. The third-order valence-corrected chi connectivity index (χ3v) is 7.64. The molecule has 0 saturated heterocycles. The molecule has 2 aromatic heterocycles. The average Bonchev–Trinajstić information content (AvgIpc) is 3.36. The van der Waals surface area contributed by atoms with E-state index in [4.69, 9.17) is 28.3 Å². The molecule has 0 spiro atoms. The van der Waals surface area contributed by atoms with Crippen LogP contribution in [0.3, 0.4) is 0 Å². The molecule has 41 heavy (non-hydrogen) atoms. The lowest BCUT2D eigenvalue weighted by Crippen LogP contribution is -2.48. The fraction of sp³-hybridized carbons (Fsp3) is 0.161. The summed E-state index contributed by atoms with van der Waals surface area (Å²) >= 11 is 12.7. The fourth-order valence-electron chi connectivity index (χ4n) is 5.06. The Hall–Kier alpha value is -3.85. The number of aryl methyl sites for hydroxylation is 1. The maximum Gasteiger partial charge on any atom is 0.422 e. The molecule has 3 N–H and O–H groups in total. The topological polar surface area (TPSA) is 86.2 Å². The van der Waals surface area contributed by atoms with Crippen molar-refractivity contribution in [2.45, 2.75) is 30.5 Å². The molecule has 0 amide bonds. The van der Waals surface area contributed by atoms with Crippen molar-refractivity contribution in [2.75, 3.05) is 0 Å². The molecule has 0 radical (unpaired) electrons. The van der Waals surface area contributed by atoms with Gasteiger partial charge in [0.15, 0.2) is 5.60 Å². The van der Waals surface area contributed by atoms with E-state index in [-0.39, 0.29) is 27.9 Å². The van der Waals surface area contributed by atoms with Crippen LogP contribution in [-0.4, -0.2) is 32.3 Å². The number of aliphatic hydroxyl groups is 1. The predicted octanol–water partition coefficient (Wildman–Crippen LogP) is 8.14. The summed E-state index contributed by atoms with van der Waals surface area (Å²) in [6.45, 7) is 0. The second-order valence-electron chi connectivity index (χ2n) is 9.70. The maximum absolute atomic E-state index is 15.0. The Bertz CT molecular complexity index is 1690. The van der Waals surface area contributed by atoms with E-state index < -0.39 is 29.2 Å². The number of aliphatic carboxylic acids is 1. The summed E-state index contributed by atoms with van der Waals surface area (Å²) < 4.78 is 45.1. The third-order valence-electron chi connectivity index (χ3n) is 7.10. The van der Waals surface area contributed by atoms with Crippen LogP contribution in [-0.2, 0) is 16.8 Å². The van der Waals surface area contributed by atoms with Gasteiger partial charge in [-0.15, -0.1) is 0 Å². The molecule has 210 valence electrons. The van der Waals surface area contributed by atoms with Crippen LogP contribution in [0.2, 0.25) is 10.2 Å². The molecule has 5 nitrogen and oxygen atoms in total. The molecule has 0 fully saturated rings. The van der Waals surface area contributed by atoms with Gasteiger partial charge < -0.3 is 15.2 Å². The molecule has 0 aliphatic carbocycles. The molecule has 0 aliphatic heterocycles. The average molecular weight is 599 g/mol. The number of rotatable bonds is 8. The third kappa shape index (κ3) is 5.68. The second-order valence-corrected chi connectivity index (χ2v) is 10.5. The summed E-state index contributed by atoms with van der Waals surface area (Å²) in [6.07, 6.45) is -3.66. The van der Waals surface area contributed by atoms with Crippen molar-refractivity contribution in [1.82, 2.24) is 9.97 Å². The van der Waals surface area contributed by atoms with Gasteiger partial charge >= 0.3 is 12.1 Å². The molecule has 3 aromatic carbocycles. The number of aromatic amines is 1. The van der Waals surface area contributed by atoms with E-state index in [1.165, 1.54) is 6.07 Å². The molecule has 2 unspecified atom stereocenters. The zero-order valence-corrected chi connectivity index (χ0v) is 22.8. The minimum absolute atomic E-state index is 0.000179. The highest BCUT2D eigenvalue weighted by Gasteiger charge is 2.61. The number of hydrogen-bond acceptors (Lipinski definition) is 3. The van der Waals surface area contributed by atoms with Crippen LogP contribution in [0.25, 0.3) is 22.0 Å². The summed E-state index contributed by atoms with van der Waals surface area (Å²) in [5.41, 5.74) is -0.940. The SMILES string of the molecule is O=C(O)CCc1ccc(-c2ccc(C(c3cc4ccccc4[nH]3)C(O)(c3ccnc(Cl)c3)C(F)(F)F)c(Cl)c2)cc1. The lowest BCUT2D eigenvalue weighted by molar-refractivity contribution is -0.272. The Morgan fingerprint density at radius 2 is 1.63 bits per heavy atom. The minimum Gasteiger partial charge on any atom is -0.481 e. The molecule has 5 rings (SSSR count). The molecule has 10 heteroatoms. The Balaban J connectivity index is 1.65. The number of halogens is 5. The van der Waals surface area contributed by atoms with Crippen LogP contribution >= 0.6 is 23.2 Å². The van der Waals surface area contributed by atoms with Crippen molar-refractivity contribution >= 4 is 40.1 Å². The zero-order chi connectivity index (χ0) is 29.4. The molecule has 2 heterocycles. The number of pyridine rings is 1. The molecule has 5 aromatic rings. The van der Waals surface area contributed by atoms with E-state index in [2.05, 4.69) is 9.97 Å². The van der Waals surface area contributed by atoms with Gasteiger partial charge in [0.05, 0.1) is 5.92 Å². The number of nitrogens with one attached hydrogen (secondary N) is 1. The van der Waals surface area contributed by atoms with Crippen molar-refractivity contribution in [3.05, 3.63) is 124 Å². The summed E-state index contributed by atoms with van der Waals surface area (Å²) in [6, 6.07) is 22.5. The molecular weight excluding hydrogens is 576 g/mol. The standard InChI is InChI=1S/C31H23Cl2F3N2O3/c32-24-15-20(19-8-5-18(6-9-19)7-12-28(39)40)10-11-23(24)29(26-16-21-3-1-2-4-25(21)38-26)30(41,31(34,35)36)22-13-14-37-27(33)17-22/h1-6,8-11,13-17,29,38,41H,7,12H2,(H,39,40). The predicted molar refractivity (Wildman–Crippen MR) is 152 cm³/mol. The Labute approximate surface area is 243 Å². The Morgan fingerprint density at radius 3 is 2.27 bits per heavy atom.